The number of hydrogen-bond donors (Lipinski definition) is 1. The maximum absolute atomic E-state index is 10.7. The number of hydrogen-bond acceptors (Lipinski definition) is 2. The molecule has 0 radical (unpaired) electrons. The van der Waals surface area contributed by atoms with Crippen LogP contribution in [0.25, 0.3) is 0 Å². The van der Waals surface area contributed by atoms with E-state index >= 15 is 0 Å². The van der Waals surface area contributed by atoms with Crippen molar-refractivity contribution in [2.24, 2.45) is 5.92 Å². The van der Waals surface area contributed by atoms with Gasteiger partial charge in [-0.05, 0) is 32.1 Å². The summed E-state index contributed by atoms with van der Waals surface area (Å²) in [5.41, 5.74) is -0.672. The molecule has 1 fully saturated rings. The summed E-state index contributed by atoms with van der Waals surface area (Å²) in [6.45, 7) is 5.12. The maximum Gasteiger partial charge on any atom is 0.141 e. The first kappa shape index (κ1) is 10.7. The summed E-state index contributed by atoms with van der Waals surface area (Å²) in [6, 6.07) is 0. The Labute approximate surface area is 91.1 Å². The van der Waals surface area contributed by atoms with E-state index in [9.17, 15) is 5.11 Å². The molecule has 2 unspecified atom stereocenters. The van der Waals surface area contributed by atoms with Crippen molar-refractivity contribution >= 4 is 0 Å². The number of imidazole rings is 1. The number of aromatic nitrogens is 2. The highest BCUT2D eigenvalue weighted by Gasteiger charge is 2.44. The number of rotatable bonds is 3. The van der Waals surface area contributed by atoms with Crippen LogP contribution < -0.4 is 0 Å². The minimum Gasteiger partial charge on any atom is -0.382 e. The van der Waals surface area contributed by atoms with Gasteiger partial charge in [0, 0.05) is 18.9 Å². The Balaban J connectivity index is 2.35. The lowest BCUT2D eigenvalue weighted by molar-refractivity contribution is -0.0152. The molecule has 84 valence electrons. The lowest BCUT2D eigenvalue weighted by Crippen LogP contribution is -2.33. The molecule has 1 N–H and O–H groups in total. The molecular weight excluding hydrogens is 188 g/mol. The first-order valence-electron chi connectivity index (χ1n) is 5.96. The third-order valence-corrected chi connectivity index (χ3v) is 3.72. The second-order valence-electron chi connectivity index (χ2n) is 4.46. The molecule has 0 spiro atoms. The molecular formula is C12H20N2O. The Morgan fingerprint density at radius 3 is 3.07 bits per heavy atom. The monoisotopic (exact) mass is 208 g/mol. The molecule has 0 amide bonds. The van der Waals surface area contributed by atoms with Crippen LogP contribution in [0, 0.1) is 5.92 Å². The van der Waals surface area contributed by atoms with Crippen molar-refractivity contribution in [3.8, 4) is 0 Å². The first-order valence-corrected chi connectivity index (χ1v) is 5.96. The van der Waals surface area contributed by atoms with E-state index in [1.807, 2.05) is 6.20 Å². The summed E-state index contributed by atoms with van der Waals surface area (Å²) in [5, 5.41) is 10.7. The summed E-state index contributed by atoms with van der Waals surface area (Å²) in [4.78, 5) is 4.35. The van der Waals surface area contributed by atoms with Crippen LogP contribution in [0.2, 0.25) is 0 Å². The van der Waals surface area contributed by atoms with Gasteiger partial charge in [0.2, 0.25) is 0 Å². The Morgan fingerprint density at radius 2 is 2.40 bits per heavy atom. The van der Waals surface area contributed by atoms with Gasteiger partial charge in [-0.3, -0.25) is 0 Å². The van der Waals surface area contributed by atoms with Crippen LogP contribution in [0.3, 0.4) is 0 Å². The standard InChI is InChI=1S/C12H20N2O/c1-3-10-6-5-7-12(10,15)11-13-8-9-14(11)4-2/h8-10,15H,3-7H2,1-2H3. The zero-order chi connectivity index (χ0) is 10.9. The highest BCUT2D eigenvalue weighted by molar-refractivity contribution is 5.10. The highest BCUT2D eigenvalue weighted by Crippen LogP contribution is 2.44. The van der Waals surface area contributed by atoms with Crippen LogP contribution in [0.15, 0.2) is 12.4 Å². The largest absolute Gasteiger partial charge is 0.382 e. The van der Waals surface area contributed by atoms with E-state index in [1.54, 1.807) is 6.20 Å². The van der Waals surface area contributed by atoms with Gasteiger partial charge in [-0.25, -0.2) is 4.98 Å². The van der Waals surface area contributed by atoms with Gasteiger partial charge in [0.1, 0.15) is 11.4 Å². The van der Waals surface area contributed by atoms with Gasteiger partial charge in [-0.2, -0.15) is 0 Å². The van der Waals surface area contributed by atoms with Crippen molar-refractivity contribution in [1.82, 2.24) is 9.55 Å². The summed E-state index contributed by atoms with van der Waals surface area (Å²) >= 11 is 0. The van der Waals surface area contributed by atoms with E-state index in [4.69, 9.17) is 0 Å². The second-order valence-corrected chi connectivity index (χ2v) is 4.46. The molecule has 2 atom stereocenters. The zero-order valence-corrected chi connectivity index (χ0v) is 9.61. The maximum atomic E-state index is 10.7. The van der Waals surface area contributed by atoms with Crippen LogP contribution in [-0.4, -0.2) is 14.7 Å². The molecule has 1 aliphatic carbocycles. The molecule has 1 aromatic rings. The molecule has 0 saturated heterocycles. The van der Waals surface area contributed by atoms with Gasteiger partial charge >= 0.3 is 0 Å². The number of nitrogens with zero attached hydrogens (tertiary/aromatic N) is 2. The Morgan fingerprint density at radius 1 is 1.60 bits per heavy atom. The Kier molecular flexibility index (Phi) is 2.83. The fourth-order valence-electron chi connectivity index (χ4n) is 2.84. The van der Waals surface area contributed by atoms with Crippen molar-refractivity contribution < 1.29 is 5.11 Å². The van der Waals surface area contributed by atoms with Crippen molar-refractivity contribution in [2.75, 3.05) is 0 Å². The molecule has 1 saturated carbocycles. The summed E-state index contributed by atoms with van der Waals surface area (Å²) in [5.74, 6) is 1.25. The fraction of sp³-hybridized carbons (Fsp3) is 0.750. The fourth-order valence-corrected chi connectivity index (χ4v) is 2.84. The summed E-state index contributed by atoms with van der Waals surface area (Å²) in [7, 11) is 0. The highest BCUT2D eigenvalue weighted by atomic mass is 16.3. The molecule has 3 nitrogen and oxygen atoms in total. The van der Waals surface area contributed by atoms with Gasteiger partial charge in [-0.15, -0.1) is 0 Å². The average molecular weight is 208 g/mol. The third-order valence-electron chi connectivity index (χ3n) is 3.72. The molecule has 15 heavy (non-hydrogen) atoms. The summed E-state index contributed by atoms with van der Waals surface area (Å²) in [6.07, 6.45) is 7.89. The molecule has 0 aliphatic heterocycles. The number of aryl methyl sites for hydroxylation is 1. The van der Waals surface area contributed by atoms with Gasteiger partial charge in [0.05, 0.1) is 0 Å². The average Bonchev–Trinajstić information content (AvgIpc) is 2.83. The minimum atomic E-state index is -0.672. The van der Waals surface area contributed by atoms with Crippen LogP contribution >= 0.6 is 0 Å². The topological polar surface area (TPSA) is 38.1 Å². The SMILES string of the molecule is CCC1CCCC1(O)c1nccn1CC. The Bertz CT molecular complexity index is 334. The molecule has 0 bridgehead atoms. The van der Waals surface area contributed by atoms with Crippen LogP contribution in [0.1, 0.15) is 45.4 Å². The molecule has 2 rings (SSSR count). The van der Waals surface area contributed by atoms with Crippen molar-refractivity contribution in [1.29, 1.82) is 0 Å². The summed E-state index contributed by atoms with van der Waals surface area (Å²) < 4.78 is 2.06. The first-order chi connectivity index (χ1) is 7.22. The van der Waals surface area contributed by atoms with Crippen molar-refractivity contribution in [3.05, 3.63) is 18.2 Å². The van der Waals surface area contributed by atoms with Crippen LogP contribution in [0.4, 0.5) is 0 Å². The molecule has 3 heteroatoms. The van der Waals surface area contributed by atoms with E-state index in [-0.39, 0.29) is 0 Å². The smallest absolute Gasteiger partial charge is 0.141 e. The normalized spacial score (nSPS) is 31.0. The molecule has 1 heterocycles. The molecule has 1 aliphatic rings. The second kappa shape index (κ2) is 3.97. The van der Waals surface area contributed by atoms with E-state index in [0.29, 0.717) is 5.92 Å². The van der Waals surface area contributed by atoms with Gasteiger partial charge < -0.3 is 9.67 Å². The van der Waals surface area contributed by atoms with Gasteiger partial charge in [-0.1, -0.05) is 13.3 Å². The van der Waals surface area contributed by atoms with E-state index in [0.717, 1.165) is 38.1 Å². The van der Waals surface area contributed by atoms with Crippen LogP contribution in [0.5, 0.6) is 0 Å². The predicted octanol–water partition coefficient (Wildman–Crippen LogP) is 2.30. The van der Waals surface area contributed by atoms with Gasteiger partial charge in [0.25, 0.3) is 0 Å². The van der Waals surface area contributed by atoms with E-state index in [2.05, 4.69) is 23.4 Å². The predicted molar refractivity (Wildman–Crippen MR) is 59.4 cm³/mol. The van der Waals surface area contributed by atoms with Crippen molar-refractivity contribution in [2.45, 2.75) is 51.7 Å². The zero-order valence-electron chi connectivity index (χ0n) is 9.61. The quantitative estimate of drug-likeness (QED) is 0.827. The minimum absolute atomic E-state index is 0.380. The Hall–Kier alpha value is -0.830. The van der Waals surface area contributed by atoms with Crippen molar-refractivity contribution in [3.63, 3.8) is 0 Å². The lowest BCUT2D eigenvalue weighted by atomic mass is 9.88. The van der Waals surface area contributed by atoms with Gasteiger partial charge in [0.15, 0.2) is 0 Å². The van der Waals surface area contributed by atoms with Crippen LogP contribution in [-0.2, 0) is 12.1 Å². The lowest BCUT2D eigenvalue weighted by Gasteiger charge is -2.29. The third kappa shape index (κ3) is 1.59. The number of aliphatic hydroxyl groups is 1. The van der Waals surface area contributed by atoms with E-state index in [1.165, 1.54) is 0 Å². The van der Waals surface area contributed by atoms with E-state index < -0.39 is 5.60 Å². The molecule has 0 aromatic carbocycles. The molecule has 1 aromatic heterocycles.